The lowest BCUT2D eigenvalue weighted by Crippen LogP contribution is -2.34. The molecule has 3 rings (SSSR count). The number of fused-ring (bicyclic) bond motifs is 1. The minimum Gasteiger partial charge on any atom is -0.459 e. The summed E-state index contributed by atoms with van der Waals surface area (Å²) in [4.78, 5) is 18.2. The number of halogens is 7. The molecule has 0 saturated heterocycles. The molecule has 1 aromatic heterocycles. The normalized spacial score (nSPS) is 12.9. The highest BCUT2D eigenvalue weighted by molar-refractivity contribution is 6.30. The van der Waals surface area contributed by atoms with Gasteiger partial charge in [-0.2, -0.15) is 26.3 Å². The number of para-hydroxylation sites is 1. The van der Waals surface area contributed by atoms with Crippen molar-refractivity contribution < 1.29 is 35.9 Å². The van der Waals surface area contributed by atoms with Gasteiger partial charge in [0.15, 0.2) is 0 Å². The number of aromatic nitrogens is 1. The zero-order valence-electron chi connectivity index (χ0n) is 19.6. The van der Waals surface area contributed by atoms with E-state index in [0.29, 0.717) is 23.2 Å². The fourth-order valence-electron chi connectivity index (χ4n) is 3.58. The van der Waals surface area contributed by atoms with Crippen molar-refractivity contribution in [3.63, 3.8) is 0 Å². The van der Waals surface area contributed by atoms with E-state index in [1.54, 1.807) is 51.1 Å². The molecule has 0 spiro atoms. The summed E-state index contributed by atoms with van der Waals surface area (Å²) >= 11 is 6.31. The minimum absolute atomic E-state index is 0.0613. The Hall–Kier alpha value is -2.85. The van der Waals surface area contributed by atoms with Crippen molar-refractivity contribution in [3.8, 4) is 0 Å². The molecule has 0 aliphatic carbocycles. The van der Waals surface area contributed by atoms with E-state index in [9.17, 15) is 31.1 Å². The molecule has 3 aromatic rings. The summed E-state index contributed by atoms with van der Waals surface area (Å²) in [5.41, 5.74) is -2.93. The number of hydrogen-bond donors (Lipinski definition) is 0. The molecule has 0 unspecified atom stereocenters. The Balaban J connectivity index is 2.00. The standard InChI is InChI=1S/C25H23ClF6N2O2/c1-23(2,3)36-21(35)14-34(13-17-10-16-6-4-5-7-20(16)33-22(17)26)12-15-8-18(24(27,28)29)11-19(9-15)25(30,31)32/h4-11H,12-14H2,1-3H3. The minimum atomic E-state index is -4.99. The van der Waals surface area contributed by atoms with Gasteiger partial charge in [-0.1, -0.05) is 29.8 Å². The number of carbonyl (C=O) groups excluding carboxylic acids is 1. The molecule has 0 N–H and O–H groups in total. The molecule has 194 valence electrons. The average molecular weight is 533 g/mol. The quantitative estimate of drug-likeness (QED) is 0.190. The van der Waals surface area contributed by atoms with E-state index in [1.165, 1.54) is 4.90 Å². The molecule has 0 fully saturated rings. The summed E-state index contributed by atoms with van der Waals surface area (Å²) in [6, 6.07) is 10.1. The van der Waals surface area contributed by atoms with Crippen molar-refractivity contribution in [2.75, 3.05) is 6.54 Å². The van der Waals surface area contributed by atoms with Crippen molar-refractivity contribution in [2.45, 2.75) is 51.8 Å². The van der Waals surface area contributed by atoms with Crippen LogP contribution in [0, 0.1) is 0 Å². The molecule has 0 atom stereocenters. The zero-order chi connectivity index (χ0) is 26.9. The van der Waals surface area contributed by atoms with Crippen LogP contribution in [-0.4, -0.2) is 28.0 Å². The molecular formula is C25H23ClF6N2O2. The van der Waals surface area contributed by atoms with Crippen molar-refractivity contribution in [1.82, 2.24) is 9.88 Å². The molecule has 1 heterocycles. The predicted molar refractivity (Wildman–Crippen MR) is 123 cm³/mol. The Bertz CT molecular complexity index is 1220. The van der Waals surface area contributed by atoms with Crippen LogP contribution in [-0.2, 0) is 35.0 Å². The molecule has 0 saturated carbocycles. The molecule has 0 aliphatic rings. The molecule has 11 heteroatoms. The van der Waals surface area contributed by atoms with Crippen LogP contribution in [0.1, 0.15) is 43.0 Å². The second kappa shape index (κ2) is 10.3. The Kier molecular flexibility index (Phi) is 7.90. The zero-order valence-corrected chi connectivity index (χ0v) is 20.4. The van der Waals surface area contributed by atoms with Gasteiger partial charge < -0.3 is 4.74 Å². The average Bonchev–Trinajstić information content (AvgIpc) is 2.71. The number of pyridine rings is 1. The smallest absolute Gasteiger partial charge is 0.416 e. The summed E-state index contributed by atoms with van der Waals surface area (Å²) in [6.07, 6.45) is -9.98. The second-order valence-corrected chi connectivity index (χ2v) is 9.63. The first kappa shape index (κ1) is 27.7. The van der Waals surface area contributed by atoms with Gasteiger partial charge in [0.25, 0.3) is 0 Å². The fourth-order valence-corrected chi connectivity index (χ4v) is 3.79. The molecule has 4 nitrogen and oxygen atoms in total. The van der Waals surface area contributed by atoms with Gasteiger partial charge in [-0.05, 0) is 56.7 Å². The van der Waals surface area contributed by atoms with E-state index < -0.39 is 48.1 Å². The van der Waals surface area contributed by atoms with Crippen LogP contribution < -0.4 is 0 Å². The van der Waals surface area contributed by atoms with Gasteiger partial charge in [0.2, 0.25) is 0 Å². The summed E-state index contributed by atoms with van der Waals surface area (Å²) < 4.78 is 85.3. The van der Waals surface area contributed by atoms with Crippen LogP contribution in [0.3, 0.4) is 0 Å². The van der Waals surface area contributed by atoms with E-state index >= 15 is 0 Å². The van der Waals surface area contributed by atoms with Gasteiger partial charge in [-0.3, -0.25) is 9.69 Å². The van der Waals surface area contributed by atoms with Crippen molar-refractivity contribution >= 4 is 28.5 Å². The van der Waals surface area contributed by atoms with Gasteiger partial charge in [-0.25, -0.2) is 4.98 Å². The van der Waals surface area contributed by atoms with Gasteiger partial charge in [0.05, 0.1) is 23.2 Å². The SMILES string of the molecule is CC(C)(C)OC(=O)CN(Cc1cc(C(F)(F)F)cc(C(F)(F)F)c1)Cc1cc2ccccc2nc1Cl. The number of nitrogens with zero attached hydrogens (tertiary/aromatic N) is 2. The van der Waals surface area contributed by atoms with E-state index in [1.807, 2.05) is 0 Å². The van der Waals surface area contributed by atoms with Gasteiger partial charge in [0.1, 0.15) is 10.8 Å². The van der Waals surface area contributed by atoms with Crippen LogP contribution in [0.25, 0.3) is 10.9 Å². The molecule has 2 aromatic carbocycles. The molecular weight excluding hydrogens is 510 g/mol. The Morgan fingerprint density at radius 2 is 1.50 bits per heavy atom. The number of ether oxygens (including phenoxy) is 1. The lowest BCUT2D eigenvalue weighted by molar-refractivity contribution is -0.156. The Morgan fingerprint density at radius 1 is 0.917 bits per heavy atom. The van der Waals surface area contributed by atoms with Gasteiger partial charge >= 0.3 is 18.3 Å². The van der Waals surface area contributed by atoms with E-state index in [-0.39, 0.29) is 23.3 Å². The number of hydrogen-bond acceptors (Lipinski definition) is 4. The topological polar surface area (TPSA) is 42.4 Å². The van der Waals surface area contributed by atoms with E-state index in [2.05, 4.69) is 4.98 Å². The van der Waals surface area contributed by atoms with E-state index in [0.717, 1.165) is 5.39 Å². The highest BCUT2D eigenvalue weighted by Gasteiger charge is 2.37. The maximum Gasteiger partial charge on any atom is 0.416 e. The lowest BCUT2D eigenvalue weighted by Gasteiger charge is -2.26. The molecule has 0 aliphatic heterocycles. The van der Waals surface area contributed by atoms with Crippen LogP contribution in [0.2, 0.25) is 5.15 Å². The Labute approximate surface area is 208 Å². The maximum atomic E-state index is 13.3. The van der Waals surface area contributed by atoms with Crippen LogP contribution in [0.5, 0.6) is 0 Å². The molecule has 0 radical (unpaired) electrons. The summed E-state index contributed by atoms with van der Waals surface area (Å²) in [5.74, 6) is -0.699. The predicted octanol–water partition coefficient (Wildman–Crippen LogP) is 7.27. The van der Waals surface area contributed by atoms with Crippen LogP contribution >= 0.6 is 11.6 Å². The fraction of sp³-hybridized carbons (Fsp3) is 0.360. The lowest BCUT2D eigenvalue weighted by atomic mass is 10.0. The first-order valence-corrected chi connectivity index (χ1v) is 11.2. The van der Waals surface area contributed by atoms with Crippen LogP contribution in [0.15, 0.2) is 48.5 Å². The largest absolute Gasteiger partial charge is 0.459 e. The van der Waals surface area contributed by atoms with Crippen molar-refractivity contribution in [3.05, 3.63) is 75.9 Å². The third kappa shape index (κ3) is 7.57. The number of esters is 1. The highest BCUT2D eigenvalue weighted by atomic mass is 35.5. The third-order valence-corrected chi connectivity index (χ3v) is 5.30. The first-order valence-electron chi connectivity index (χ1n) is 10.8. The van der Waals surface area contributed by atoms with E-state index in [4.69, 9.17) is 16.3 Å². The number of benzene rings is 2. The monoisotopic (exact) mass is 532 g/mol. The Morgan fingerprint density at radius 3 is 2.06 bits per heavy atom. The number of rotatable bonds is 6. The van der Waals surface area contributed by atoms with Crippen molar-refractivity contribution in [1.29, 1.82) is 0 Å². The molecule has 36 heavy (non-hydrogen) atoms. The summed E-state index contributed by atoms with van der Waals surface area (Å²) in [7, 11) is 0. The second-order valence-electron chi connectivity index (χ2n) is 9.28. The van der Waals surface area contributed by atoms with Crippen molar-refractivity contribution in [2.24, 2.45) is 0 Å². The maximum absolute atomic E-state index is 13.3. The summed E-state index contributed by atoms with van der Waals surface area (Å²) in [6.45, 7) is 4.03. The number of alkyl halides is 6. The van der Waals surface area contributed by atoms with Crippen LogP contribution in [0.4, 0.5) is 26.3 Å². The first-order chi connectivity index (χ1) is 16.5. The summed E-state index contributed by atoms with van der Waals surface area (Å²) in [5, 5.41) is 0.829. The van der Waals surface area contributed by atoms with Gasteiger partial charge in [-0.15, -0.1) is 0 Å². The molecule has 0 amide bonds. The van der Waals surface area contributed by atoms with Gasteiger partial charge in [0, 0.05) is 24.0 Å². The molecule has 0 bridgehead atoms. The highest BCUT2D eigenvalue weighted by Crippen LogP contribution is 2.36. The number of carbonyl (C=O) groups is 1. The third-order valence-electron chi connectivity index (χ3n) is 4.97.